The van der Waals surface area contributed by atoms with E-state index in [1.807, 2.05) is 48.7 Å². The zero-order chi connectivity index (χ0) is 14.5. The van der Waals surface area contributed by atoms with Gasteiger partial charge in [0.2, 0.25) is 0 Å². The number of para-hydroxylation sites is 1. The predicted octanol–water partition coefficient (Wildman–Crippen LogP) is 4.36. The van der Waals surface area contributed by atoms with Gasteiger partial charge in [0.25, 0.3) is 5.91 Å². The molecule has 3 nitrogen and oxygen atoms in total. The first-order valence-corrected chi connectivity index (χ1v) is 7.51. The first kappa shape index (κ1) is 14.5. The van der Waals surface area contributed by atoms with Gasteiger partial charge in [0.15, 0.2) is 0 Å². The third-order valence-electron chi connectivity index (χ3n) is 2.68. The van der Waals surface area contributed by atoms with E-state index in [1.54, 1.807) is 6.08 Å². The molecule has 0 saturated heterocycles. The summed E-state index contributed by atoms with van der Waals surface area (Å²) >= 11 is 4.84. The number of thiophene rings is 1. The number of nitrogens with one attached hydrogen (secondary N) is 1. The first-order valence-electron chi connectivity index (χ1n) is 5.83. The number of amides is 1. The second-order valence-corrected chi connectivity index (χ2v) is 5.87. The zero-order valence-corrected chi connectivity index (χ0v) is 13.1. The fraction of sp³-hybridized carbons (Fsp3) is 0.0667. The second-order valence-electron chi connectivity index (χ2n) is 4.07. The average molecular weight is 347 g/mol. The van der Waals surface area contributed by atoms with Crippen molar-refractivity contribution in [2.75, 3.05) is 5.32 Å². The van der Waals surface area contributed by atoms with Crippen LogP contribution in [0.25, 0.3) is 6.08 Å². The molecule has 1 amide bonds. The number of aryl methyl sites for hydroxylation is 1. The Bertz CT molecular complexity index is 713. The summed E-state index contributed by atoms with van der Waals surface area (Å²) in [5.41, 5.74) is 1.75. The number of hydrogen-bond acceptors (Lipinski definition) is 3. The van der Waals surface area contributed by atoms with Gasteiger partial charge < -0.3 is 5.32 Å². The number of rotatable bonds is 3. The molecular weight excluding hydrogens is 336 g/mol. The van der Waals surface area contributed by atoms with Gasteiger partial charge in [-0.3, -0.25) is 4.79 Å². The number of hydrogen-bond donors (Lipinski definition) is 1. The summed E-state index contributed by atoms with van der Waals surface area (Å²) in [6.45, 7) is 1.90. The van der Waals surface area contributed by atoms with Crippen molar-refractivity contribution in [2.45, 2.75) is 6.92 Å². The van der Waals surface area contributed by atoms with Crippen LogP contribution in [0.3, 0.4) is 0 Å². The summed E-state index contributed by atoms with van der Waals surface area (Å²) in [5, 5.41) is 13.8. The van der Waals surface area contributed by atoms with Crippen LogP contribution >= 0.6 is 27.3 Å². The third kappa shape index (κ3) is 3.35. The Morgan fingerprint density at radius 2 is 2.15 bits per heavy atom. The molecule has 0 atom stereocenters. The molecule has 1 N–H and O–H groups in total. The van der Waals surface area contributed by atoms with E-state index in [0.717, 1.165) is 14.9 Å². The largest absolute Gasteiger partial charge is 0.321 e. The number of nitriles is 1. The average Bonchev–Trinajstić information content (AvgIpc) is 2.84. The van der Waals surface area contributed by atoms with E-state index in [1.165, 1.54) is 11.3 Å². The van der Waals surface area contributed by atoms with Gasteiger partial charge in [-0.15, -0.1) is 11.3 Å². The smallest absolute Gasteiger partial charge is 0.266 e. The van der Waals surface area contributed by atoms with Crippen molar-refractivity contribution in [3.8, 4) is 6.07 Å². The lowest BCUT2D eigenvalue weighted by molar-refractivity contribution is -0.112. The van der Waals surface area contributed by atoms with Crippen molar-refractivity contribution < 1.29 is 4.79 Å². The minimum atomic E-state index is -0.401. The molecule has 2 aromatic rings. The van der Waals surface area contributed by atoms with E-state index in [0.29, 0.717) is 5.69 Å². The molecule has 0 unspecified atom stereocenters. The minimum absolute atomic E-state index is 0.0800. The molecule has 100 valence electrons. The molecule has 0 aliphatic heterocycles. The lowest BCUT2D eigenvalue weighted by Gasteiger charge is -2.06. The maximum atomic E-state index is 12.1. The zero-order valence-electron chi connectivity index (χ0n) is 10.7. The predicted molar refractivity (Wildman–Crippen MR) is 85.4 cm³/mol. The van der Waals surface area contributed by atoms with Crippen LogP contribution in [-0.4, -0.2) is 5.91 Å². The van der Waals surface area contributed by atoms with Crippen molar-refractivity contribution in [3.05, 3.63) is 56.2 Å². The molecule has 0 bridgehead atoms. The number of nitrogens with zero attached hydrogens (tertiary/aromatic N) is 1. The Balaban J connectivity index is 2.23. The molecule has 0 radical (unpaired) electrons. The van der Waals surface area contributed by atoms with Crippen LogP contribution in [0.15, 0.2) is 45.8 Å². The molecule has 1 heterocycles. The van der Waals surface area contributed by atoms with Gasteiger partial charge in [-0.05, 0) is 52.0 Å². The number of carbonyl (C=O) groups is 1. The molecule has 20 heavy (non-hydrogen) atoms. The molecule has 0 fully saturated rings. The van der Waals surface area contributed by atoms with Crippen LogP contribution in [0, 0.1) is 18.3 Å². The number of halogens is 1. The van der Waals surface area contributed by atoms with Crippen molar-refractivity contribution in [1.29, 1.82) is 5.26 Å². The molecule has 5 heteroatoms. The Kier molecular flexibility index (Phi) is 4.72. The Morgan fingerprint density at radius 3 is 2.75 bits per heavy atom. The Labute approximate surface area is 129 Å². The van der Waals surface area contributed by atoms with Gasteiger partial charge in [0, 0.05) is 15.0 Å². The van der Waals surface area contributed by atoms with E-state index in [9.17, 15) is 4.79 Å². The highest BCUT2D eigenvalue weighted by Crippen LogP contribution is 2.25. The highest BCUT2D eigenvalue weighted by Gasteiger charge is 2.11. The van der Waals surface area contributed by atoms with Crippen LogP contribution in [0.2, 0.25) is 0 Å². The Morgan fingerprint density at radius 1 is 1.40 bits per heavy atom. The van der Waals surface area contributed by atoms with E-state index in [4.69, 9.17) is 5.26 Å². The van der Waals surface area contributed by atoms with Gasteiger partial charge >= 0.3 is 0 Å². The molecule has 2 rings (SSSR count). The normalized spacial score (nSPS) is 10.9. The quantitative estimate of drug-likeness (QED) is 0.662. The Hall–Kier alpha value is -1.90. The summed E-state index contributed by atoms with van der Waals surface area (Å²) in [6, 6.07) is 11.3. The SMILES string of the molecule is Cc1ccccc1NC(=O)/C(C#N)=C\c1sccc1Br. The standard InChI is InChI=1S/C15H11BrN2OS/c1-10-4-2-3-5-13(10)18-15(19)11(9-17)8-14-12(16)6-7-20-14/h2-8H,1H3,(H,18,19)/b11-8-. The number of benzene rings is 1. The third-order valence-corrected chi connectivity index (χ3v) is 4.50. The first-order chi connectivity index (χ1) is 9.61. The molecule has 1 aromatic carbocycles. The molecular formula is C15H11BrN2OS. The van der Waals surface area contributed by atoms with Gasteiger partial charge in [-0.2, -0.15) is 5.26 Å². The van der Waals surface area contributed by atoms with E-state index in [2.05, 4.69) is 21.2 Å². The lowest BCUT2D eigenvalue weighted by atomic mass is 10.2. The molecule has 0 aliphatic rings. The van der Waals surface area contributed by atoms with Crippen LogP contribution in [0.1, 0.15) is 10.4 Å². The van der Waals surface area contributed by atoms with Crippen molar-refractivity contribution in [2.24, 2.45) is 0 Å². The fourth-order valence-electron chi connectivity index (χ4n) is 1.59. The van der Waals surface area contributed by atoms with Crippen molar-refractivity contribution >= 4 is 44.9 Å². The van der Waals surface area contributed by atoms with Crippen LogP contribution in [0.5, 0.6) is 0 Å². The van der Waals surface area contributed by atoms with Gasteiger partial charge in [-0.25, -0.2) is 0 Å². The highest BCUT2D eigenvalue weighted by molar-refractivity contribution is 9.10. The highest BCUT2D eigenvalue weighted by atomic mass is 79.9. The van der Waals surface area contributed by atoms with Crippen LogP contribution in [0.4, 0.5) is 5.69 Å². The minimum Gasteiger partial charge on any atom is -0.321 e. The van der Waals surface area contributed by atoms with Gasteiger partial charge in [0.05, 0.1) is 0 Å². The van der Waals surface area contributed by atoms with E-state index in [-0.39, 0.29) is 5.57 Å². The lowest BCUT2D eigenvalue weighted by Crippen LogP contribution is -2.14. The fourth-order valence-corrected chi connectivity index (χ4v) is 3.01. The van der Waals surface area contributed by atoms with Gasteiger partial charge in [0.1, 0.15) is 11.6 Å². The maximum Gasteiger partial charge on any atom is 0.266 e. The number of carbonyl (C=O) groups excluding carboxylic acids is 1. The summed E-state index contributed by atoms with van der Waals surface area (Å²) in [4.78, 5) is 13.0. The molecule has 1 aromatic heterocycles. The van der Waals surface area contributed by atoms with Crippen LogP contribution in [-0.2, 0) is 4.79 Å². The summed E-state index contributed by atoms with van der Waals surface area (Å²) in [7, 11) is 0. The monoisotopic (exact) mass is 346 g/mol. The van der Waals surface area contributed by atoms with Crippen molar-refractivity contribution in [1.82, 2.24) is 0 Å². The molecule has 0 saturated carbocycles. The van der Waals surface area contributed by atoms with Crippen LogP contribution < -0.4 is 5.32 Å². The second kappa shape index (κ2) is 6.51. The summed E-state index contributed by atoms with van der Waals surface area (Å²) in [6.07, 6.45) is 1.59. The summed E-state index contributed by atoms with van der Waals surface area (Å²) in [5.74, 6) is -0.401. The molecule has 0 spiro atoms. The topological polar surface area (TPSA) is 52.9 Å². The summed E-state index contributed by atoms with van der Waals surface area (Å²) < 4.78 is 0.874. The number of anilines is 1. The maximum absolute atomic E-state index is 12.1. The van der Waals surface area contributed by atoms with E-state index < -0.39 is 5.91 Å². The van der Waals surface area contributed by atoms with Crippen molar-refractivity contribution in [3.63, 3.8) is 0 Å². The molecule has 0 aliphatic carbocycles. The van der Waals surface area contributed by atoms with Gasteiger partial charge in [-0.1, -0.05) is 18.2 Å². The van der Waals surface area contributed by atoms with E-state index >= 15 is 0 Å².